The number of hydrogen-bond donors (Lipinski definition) is 1. The smallest absolute Gasteiger partial charge is 0.261 e. The number of nitrogens with zero attached hydrogens (tertiary/aromatic N) is 2. The zero-order valence-electron chi connectivity index (χ0n) is 12.0. The molecule has 0 aliphatic rings. The Hall–Kier alpha value is -2.14. The Bertz CT molecular complexity index is 761. The number of amides is 1. The van der Waals surface area contributed by atoms with Crippen LogP contribution in [0.4, 0.5) is 0 Å². The molecule has 0 spiro atoms. The van der Waals surface area contributed by atoms with Gasteiger partial charge >= 0.3 is 0 Å². The number of thiophene rings is 1. The quantitative estimate of drug-likeness (QED) is 0.800. The van der Waals surface area contributed by atoms with Gasteiger partial charge in [-0.05, 0) is 37.4 Å². The molecule has 3 aromatic rings. The largest absolute Gasteiger partial charge is 0.342 e. The van der Waals surface area contributed by atoms with E-state index in [2.05, 4.69) is 27.9 Å². The van der Waals surface area contributed by atoms with Gasteiger partial charge in [0, 0.05) is 6.54 Å². The highest BCUT2D eigenvalue weighted by Crippen LogP contribution is 2.21. The van der Waals surface area contributed by atoms with Crippen molar-refractivity contribution >= 4 is 28.3 Å². The predicted octanol–water partition coefficient (Wildman–Crippen LogP) is 3.61. The summed E-state index contributed by atoms with van der Waals surface area (Å²) in [4.78, 5) is 17.6. The number of carbonyl (C=O) groups is 1. The Kier molecular flexibility index (Phi) is 3.75. The first-order chi connectivity index (χ1) is 10.2. The summed E-state index contributed by atoms with van der Waals surface area (Å²) >= 11 is 1.44. The summed E-state index contributed by atoms with van der Waals surface area (Å²) in [5, 5.41) is 4.93. The first-order valence-electron chi connectivity index (χ1n) is 7.00. The molecule has 4 nitrogen and oxygen atoms in total. The molecule has 1 N–H and O–H groups in total. The predicted molar refractivity (Wildman–Crippen MR) is 85.6 cm³/mol. The molecule has 0 aliphatic carbocycles. The monoisotopic (exact) mass is 299 g/mol. The molecule has 5 heteroatoms. The third-order valence-electron chi connectivity index (χ3n) is 3.48. The molecule has 1 atom stereocenters. The minimum atomic E-state index is -0.132. The number of aromatic nitrogens is 2. The minimum absolute atomic E-state index is 0.0489. The molecule has 0 saturated carbocycles. The summed E-state index contributed by atoms with van der Waals surface area (Å²) in [5.74, 6) is 0.843. The molecule has 21 heavy (non-hydrogen) atoms. The van der Waals surface area contributed by atoms with Gasteiger partial charge in [0.2, 0.25) is 0 Å². The summed E-state index contributed by atoms with van der Waals surface area (Å²) in [6, 6.07) is 11.6. The fourth-order valence-corrected chi connectivity index (χ4v) is 3.12. The van der Waals surface area contributed by atoms with Gasteiger partial charge in [-0.25, -0.2) is 4.98 Å². The number of nitrogens with one attached hydrogen (secondary N) is 1. The van der Waals surface area contributed by atoms with E-state index in [9.17, 15) is 4.79 Å². The van der Waals surface area contributed by atoms with Crippen LogP contribution in [0.1, 0.15) is 35.4 Å². The number of hydrogen-bond acceptors (Lipinski definition) is 3. The molecule has 2 aromatic heterocycles. The third-order valence-corrected chi connectivity index (χ3v) is 4.35. The Morgan fingerprint density at radius 2 is 2.14 bits per heavy atom. The summed E-state index contributed by atoms with van der Waals surface area (Å²) in [6.45, 7) is 4.89. The van der Waals surface area contributed by atoms with Gasteiger partial charge in [0.1, 0.15) is 5.82 Å². The lowest BCUT2D eigenvalue weighted by atomic mass is 10.3. The van der Waals surface area contributed by atoms with Crippen LogP contribution in [-0.4, -0.2) is 15.5 Å². The maximum Gasteiger partial charge on any atom is 0.261 e. The average molecular weight is 299 g/mol. The van der Waals surface area contributed by atoms with E-state index >= 15 is 0 Å². The Morgan fingerprint density at radius 1 is 1.33 bits per heavy atom. The SMILES string of the molecule is CCn1c([C@H](C)NC(=O)c2cccs2)nc2ccccc21. The van der Waals surface area contributed by atoms with E-state index in [4.69, 9.17) is 0 Å². The third kappa shape index (κ3) is 2.56. The lowest BCUT2D eigenvalue weighted by Gasteiger charge is -2.14. The van der Waals surface area contributed by atoms with E-state index in [0.29, 0.717) is 0 Å². The normalized spacial score (nSPS) is 12.5. The maximum atomic E-state index is 12.2. The van der Waals surface area contributed by atoms with Crippen molar-refractivity contribution in [2.45, 2.75) is 26.4 Å². The second kappa shape index (κ2) is 5.69. The zero-order valence-corrected chi connectivity index (χ0v) is 12.9. The van der Waals surface area contributed by atoms with Gasteiger partial charge in [0.25, 0.3) is 5.91 Å². The highest BCUT2D eigenvalue weighted by atomic mass is 32.1. The number of benzene rings is 1. The van der Waals surface area contributed by atoms with Gasteiger partial charge in [-0.2, -0.15) is 0 Å². The number of rotatable bonds is 4. The van der Waals surface area contributed by atoms with Crippen LogP contribution in [0, 0.1) is 0 Å². The summed E-state index contributed by atoms with van der Waals surface area (Å²) < 4.78 is 2.15. The second-order valence-electron chi connectivity index (χ2n) is 4.88. The van der Waals surface area contributed by atoms with Crippen molar-refractivity contribution in [1.29, 1.82) is 0 Å². The van der Waals surface area contributed by atoms with Gasteiger partial charge in [0.05, 0.1) is 22.0 Å². The molecule has 2 heterocycles. The van der Waals surface area contributed by atoms with E-state index in [0.717, 1.165) is 28.3 Å². The molecule has 0 bridgehead atoms. The van der Waals surface area contributed by atoms with Gasteiger partial charge in [-0.3, -0.25) is 4.79 Å². The van der Waals surface area contributed by atoms with E-state index in [1.165, 1.54) is 11.3 Å². The Labute approximate surface area is 127 Å². The van der Waals surface area contributed by atoms with Crippen LogP contribution in [0.25, 0.3) is 11.0 Å². The van der Waals surface area contributed by atoms with Crippen molar-refractivity contribution in [3.8, 4) is 0 Å². The molecule has 0 unspecified atom stereocenters. The molecule has 0 saturated heterocycles. The minimum Gasteiger partial charge on any atom is -0.342 e. The van der Waals surface area contributed by atoms with Crippen LogP contribution >= 0.6 is 11.3 Å². The van der Waals surface area contributed by atoms with Crippen LogP contribution in [0.2, 0.25) is 0 Å². The zero-order chi connectivity index (χ0) is 14.8. The Balaban J connectivity index is 1.91. The molecular formula is C16H17N3OS. The number of fused-ring (bicyclic) bond motifs is 1. The number of para-hydroxylation sites is 2. The molecule has 1 amide bonds. The first-order valence-corrected chi connectivity index (χ1v) is 7.88. The topological polar surface area (TPSA) is 46.9 Å². The van der Waals surface area contributed by atoms with Gasteiger partial charge in [0.15, 0.2) is 0 Å². The van der Waals surface area contributed by atoms with Crippen molar-refractivity contribution in [3.63, 3.8) is 0 Å². The highest BCUT2D eigenvalue weighted by molar-refractivity contribution is 7.12. The lowest BCUT2D eigenvalue weighted by molar-refractivity contribution is 0.0942. The number of carbonyl (C=O) groups excluding carboxylic acids is 1. The van der Waals surface area contributed by atoms with Crippen molar-refractivity contribution in [2.75, 3.05) is 0 Å². The molecule has 0 radical (unpaired) electrons. The molecule has 0 fully saturated rings. The van der Waals surface area contributed by atoms with Gasteiger partial charge in [-0.15, -0.1) is 11.3 Å². The number of aryl methyl sites for hydroxylation is 1. The van der Waals surface area contributed by atoms with E-state index < -0.39 is 0 Å². The number of imidazole rings is 1. The lowest BCUT2D eigenvalue weighted by Crippen LogP contribution is -2.28. The fourth-order valence-electron chi connectivity index (χ4n) is 2.50. The summed E-state index contributed by atoms with van der Waals surface area (Å²) in [6.07, 6.45) is 0. The van der Waals surface area contributed by atoms with Crippen LogP contribution in [0.15, 0.2) is 41.8 Å². The van der Waals surface area contributed by atoms with E-state index in [1.54, 1.807) is 0 Å². The second-order valence-corrected chi connectivity index (χ2v) is 5.82. The van der Waals surface area contributed by atoms with Crippen LogP contribution in [0.5, 0.6) is 0 Å². The van der Waals surface area contributed by atoms with E-state index in [-0.39, 0.29) is 11.9 Å². The molecular weight excluding hydrogens is 282 g/mol. The van der Waals surface area contributed by atoms with Gasteiger partial charge in [-0.1, -0.05) is 18.2 Å². The van der Waals surface area contributed by atoms with Gasteiger partial charge < -0.3 is 9.88 Å². The fraction of sp³-hybridized carbons (Fsp3) is 0.250. The Morgan fingerprint density at radius 3 is 2.86 bits per heavy atom. The first kappa shape index (κ1) is 13.8. The van der Waals surface area contributed by atoms with Crippen molar-refractivity contribution in [2.24, 2.45) is 0 Å². The van der Waals surface area contributed by atoms with Crippen LogP contribution in [0.3, 0.4) is 0 Å². The molecule has 3 rings (SSSR count). The maximum absolute atomic E-state index is 12.2. The molecule has 1 aromatic carbocycles. The van der Waals surface area contributed by atoms with Crippen LogP contribution < -0.4 is 5.32 Å². The van der Waals surface area contributed by atoms with Crippen molar-refractivity contribution in [1.82, 2.24) is 14.9 Å². The van der Waals surface area contributed by atoms with Crippen LogP contribution in [-0.2, 0) is 6.54 Å². The molecule has 0 aliphatic heterocycles. The average Bonchev–Trinajstić information content (AvgIpc) is 3.14. The summed E-state index contributed by atoms with van der Waals surface area (Å²) in [7, 11) is 0. The molecule has 108 valence electrons. The van der Waals surface area contributed by atoms with E-state index in [1.807, 2.05) is 42.6 Å². The van der Waals surface area contributed by atoms with Crippen molar-refractivity contribution < 1.29 is 4.79 Å². The van der Waals surface area contributed by atoms with Crippen molar-refractivity contribution in [3.05, 3.63) is 52.5 Å². The standard InChI is InChI=1S/C16H17N3OS/c1-3-19-13-8-5-4-7-12(13)18-15(19)11(2)17-16(20)14-9-6-10-21-14/h4-11H,3H2,1-2H3,(H,17,20)/t11-/m0/s1. The summed E-state index contributed by atoms with van der Waals surface area (Å²) in [5.41, 5.74) is 2.07. The highest BCUT2D eigenvalue weighted by Gasteiger charge is 2.18.